The first-order chi connectivity index (χ1) is 12.2. The zero-order valence-corrected chi connectivity index (χ0v) is 14.1. The maximum atomic E-state index is 12.1. The monoisotopic (exact) mass is 334 g/mol. The lowest BCUT2D eigenvalue weighted by molar-refractivity contribution is 0.244. The largest absolute Gasteiger partial charge is 0.355 e. The van der Waals surface area contributed by atoms with Gasteiger partial charge in [0.05, 0.1) is 11.6 Å². The fourth-order valence-electron chi connectivity index (χ4n) is 3.07. The van der Waals surface area contributed by atoms with E-state index in [2.05, 4.69) is 22.0 Å². The molecule has 0 bridgehead atoms. The molecule has 0 spiro atoms. The van der Waals surface area contributed by atoms with Crippen LogP contribution in [0.3, 0.4) is 0 Å². The molecule has 0 unspecified atom stereocenters. The van der Waals surface area contributed by atoms with Crippen LogP contribution in [0.15, 0.2) is 48.5 Å². The van der Waals surface area contributed by atoms with Gasteiger partial charge in [0.15, 0.2) is 0 Å². The maximum Gasteiger partial charge on any atom is 0.319 e. The summed E-state index contributed by atoms with van der Waals surface area (Å²) in [5.41, 5.74) is 3.12. The van der Waals surface area contributed by atoms with Crippen molar-refractivity contribution >= 4 is 23.1 Å². The minimum absolute atomic E-state index is 0.144. The molecular formula is C20H22N4O. The van der Waals surface area contributed by atoms with Crippen LogP contribution in [-0.4, -0.2) is 12.1 Å². The van der Waals surface area contributed by atoms with Crippen molar-refractivity contribution in [2.24, 2.45) is 0 Å². The van der Waals surface area contributed by atoms with E-state index in [0.29, 0.717) is 11.6 Å². The number of nitrogens with zero attached hydrogens (tertiary/aromatic N) is 1. The summed E-state index contributed by atoms with van der Waals surface area (Å²) in [6.07, 6.45) is 5.79. The summed E-state index contributed by atoms with van der Waals surface area (Å²) in [4.78, 5) is 12.1. The first-order valence-electron chi connectivity index (χ1n) is 8.68. The molecule has 2 aromatic carbocycles. The van der Waals surface area contributed by atoms with Crippen LogP contribution >= 0.6 is 0 Å². The molecule has 0 aliphatic heterocycles. The van der Waals surface area contributed by atoms with Crippen LogP contribution in [0.25, 0.3) is 0 Å². The highest BCUT2D eigenvalue weighted by molar-refractivity contribution is 5.89. The van der Waals surface area contributed by atoms with Crippen molar-refractivity contribution in [2.75, 3.05) is 10.6 Å². The number of anilines is 3. The molecule has 1 aliphatic carbocycles. The van der Waals surface area contributed by atoms with E-state index in [0.717, 1.165) is 29.9 Å². The van der Waals surface area contributed by atoms with Crippen LogP contribution < -0.4 is 16.0 Å². The number of urea groups is 1. The van der Waals surface area contributed by atoms with Gasteiger partial charge in [0.25, 0.3) is 0 Å². The number of nitriles is 1. The van der Waals surface area contributed by atoms with Crippen molar-refractivity contribution in [3.05, 3.63) is 54.1 Å². The van der Waals surface area contributed by atoms with Gasteiger partial charge in [0.1, 0.15) is 0 Å². The molecule has 1 aliphatic rings. The van der Waals surface area contributed by atoms with E-state index in [1.165, 1.54) is 19.3 Å². The third kappa shape index (κ3) is 4.98. The summed E-state index contributed by atoms with van der Waals surface area (Å²) in [6, 6.07) is 17.1. The first kappa shape index (κ1) is 16.8. The SMILES string of the molecule is N#Cc1cccc(Nc2ccc(NC(=O)NC3CCCCC3)cc2)c1. The molecule has 25 heavy (non-hydrogen) atoms. The average Bonchev–Trinajstić information content (AvgIpc) is 2.64. The van der Waals surface area contributed by atoms with Gasteiger partial charge in [-0.1, -0.05) is 25.3 Å². The Morgan fingerprint density at radius 3 is 2.40 bits per heavy atom. The van der Waals surface area contributed by atoms with Crippen molar-refractivity contribution in [3.8, 4) is 6.07 Å². The van der Waals surface area contributed by atoms with Gasteiger partial charge in [0.2, 0.25) is 0 Å². The second-order valence-corrected chi connectivity index (χ2v) is 6.33. The zero-order chi connectivity index (χ0) is 17.5. The standard InChI is InChI=1S/C20H22N4O/c21-14-15-5-4-8-19(13-15)22-17-9-11-18(12-10-17)24-20(25)23-16-6-2-1-3-7-16/h4-5,8-13,16,22H,1-3,6-7H2,(H2,23,24,25). The van der Waals surface area contributed by atoms with Gasteiger partial charge < -0.3 is 16.0 Å². The quantitative estimate of drug-likeness (QED) is 0.754. The number of carbonyl (C=O) groups excluding carboxylic acids is 1. The third-order valence-electron chi connectivity index (χ3n) is 4.36. The number of hydrogen-bond donors (Lipinski definition) is 3. The Kier molecular flexibility index (Phi) is 5.53. The second-order valence-electron chi connectivity index (χ2n) is 6.33. The van der Waals surface area contributed by atoms with Crippen LogP contribution in [0.2, 0.25) is 0 Å². The molecule has 0 heterocycles. The Morgan fingerprint density at radius 1 is 0.960 bits per heavy atom. The minimum atomic E-state index is -0.144. The fourth-order valence-corrected chi connectivity index (χ4v) is 3.07. The van der Waals surface area contributed by atoms with Gasteiger partial charge in [-0.25, -0.2) is 4.79 Å². The van der Waals surface area contributed by atoms with E-state index in [9.17, 15) is 4.79 Å². The van der Waals surface area contributed by atoms with Crippen LogP contribution in [0, 0.1) is 11.3 Å². The molecule has 5 heteroatoms. The van der Waals surface area contributed by atoms with E-state index in [1.54, 1.807) is 12.1 Å². The number of nitrogens with one attached hydrogen (secondary N) is 3. The van der Waals surface area contributed by atoms with Crippen LogP contribution in [0.5, 0.6) is 0 Å². The molecule has 128 valence electrons. The maximum absolute atomic E-state index is 12.1. The molecule has 3 N–H and O–H groups in total. The predicted octanol–water partition coefficient (Wildman–Crippen LogP) is 4.76. The van der Waals surface area contributed by atoms with Gasteiger partial charge in [-0.3, -0.25) is 0 Å². The smallest absolute Gasteiger partial charge is 0.319 e. The Balaban J connectivity index is 1.54. The van der Waals surface area contributed by atoms with Crippen molar-refractivity contribution in [1.29, 1.82) is 5.26 Å². The van der Waals surface area contributed by atoms with E-state index < -0.39 is 0 Å². The van der Waals surface area contributed by atoms with Gasteiger partial charge >= 0.3 is 6.03 Å². The molecule has 0 saturated heterocycles. The molecular weight excluding hydrogens is 312 g/mol. The molecule has 0 atom stereocenters. The summed E-state index contributed by atoms with van der Waals surface area (Å²) in [7, 11) is 0. The Labute approximate surface area is 148 Å². The van der Waals surface area contributed by atoms with Gasteiger partial charge in [-0.2, -0.15) is 5.26 Å². The normalized spacial score (nSPS) is 14.4. The molecule has 0 radical (unpaired) electrons. The molecule has 2 aromatic rings. The highest BCUT2D eigenvalue weighted by atomic mass is 16.2. The van der Waals surface area contributed by atoms with Crippen LogP contribution in [-0.2, 0) is 0 Å². The number of amides is 2. The Hall–Kier alpha value is -3.00. The predicted molar refractivity (Wildman–Crippen MR) is 99.9 cm³/mol. The summed E-state index contributed by atoms with van der Waals surface area (Å²) >= 11 is 0. The number of hydrogen-bond acceptors (Lipinski definition) is 3. The first-order valence-corrected chi connectivity index (χ1v) is 8.68. The molecule has 5 nitrogen and oxygen atoms in total. The van der Waals surface area contributed by atoms with Crippen molar-refractivity contribution < 1.29 is 4.79 Å². The van der Waals surface area contributed by atoms with Crippen LogP contribution in [0.1, 0.15) is 37.7 Å². The van der Waals surface area contributed by atoms with Gasteiger partial charge in [-0.05, 0) is 55.3 Å². The number of benzene rings is 2. The average molecular weight is 334 g/mol. The van der Waals surface area contributed by atoms with E-state index >= 15 is 0 Å². The second kappa shape index (κ2) is 8.20. The van der Waals surface area contributed by atoms with E-state index in [1.807, 2.05) is 36.4 Å². The van der Waals surface area contributed by atoms with E-state index in [-0.39, 0.29) is 6.03 Å². The number of rotatable bonds is 4. The minimum Gasteiger partial charge on any atom is -0.355 e. The summed E-state index contributed by atoms with van der Waals surface area (Å²) in [6.45, 7) is 0. The zero-order valence-electron chi connectivity index (χ0n) is 14.1. The van der Waals surface area contributed by atoms with Gasteiger partial charge in [-0.15, -0.1) is 0 Å². The number of carbonyl (C=O) groups is 1. The van der Waals surface area contributed by atoms with Gasteiger partial charge in [0, 0.05) is 23.1 Å². The third-order valence-corrected chi connectivity index (χ3v) is 4.36. The lowest BCUT2D eigenvalue weighted by Gasteiger charge is -2.22. The molecule has 0 aromatic heterocycles. The summed E-state index contributed by atoms with van der Waals surface area (Å²) in [5.74, 6) is 0. The fraction of sp³-hybridized carbons (Fsp3) is 0.300. The topological polar surface area (TPSA) is 77.0 Å². The Bertz CT molecular complexity index is 758. The van der Waals surface area contributed by atoms with Crippen molar-refractivity contribution in [1.82, 2.24) is 5.32 Å². The highest BCUT2D eigenvalue weighted by Crippen LogP contribution is 2.20. The summed E-state index contributed by atoms with van der Waals surface area (Å²) < 4.78 is 0. The summed E-state index contributed by atoms with van der Waals surface area (Å²) in [5, 5.41) is 18.1. The molecule has 2 amide bonds. The Morgan fingerprint density at radius 2 is 1.68 bits per heavy atom. The van der Waals surface area contributed by atoms with Crippen molar-refractivity contribution in [2.45, 2.75) is 38.1 Å². The lowest BCUT2D eigenvalue weighted by Crippen LogP contribution is -2.38. The molecule has 1 fully saturated rings. The van der Waals surface area contributed by atoms with E-state index in [4.69, 9.17) is 5.26 Å². The van der Waals surface area contributed by atoms with Crippen LogP contribution in [0.4, 0.5) is 21.9 Å². The van der Waals surface area contributed by atoms with Crippen molar-refractivity contribution in [3.63, 3.8) is 0 Å². The molecule has 1 saturated carbocycles. The highest BCUT2D eigenvalue weighted by Gasteiger charge is 2.15. The molecule has 3 rings (SSSR count). The lowest BCUT2D eigenvalue weighted by atomic mass is 9.96.